The number of hydrogen-bond donors (Lipinski definition) is 0. The standard InChI is InChI=1S/C11H10FS/c12-11-4-2-1-3-10(11)9-5-7-13-8-6-9/h1,3-5H,6-8H2. The van der Waals surface area contributed by atoms with Gasteiger partial charge in [0.05, 0.1) is 0 Å². The molecule has 67 valence electrons. The Bertz CT molecular complexity index is 331. The van der Waals surface area contributed by atoms with E-state index >= 15 is 0 Å². The van der Waals surface area contributed by atoms with E-state index in [1.165, 1.54) is 6.07 Å². The summed E-state index contributed by atoms with van der Waals surface area (Å²) in [5, 5.41) is 0. The van der Waals surface area contributed by atoms with E-state index in [0.717, 1.165) is 29.1 Å². The number of halogens is 1. The monoisotopic (exact) mass is 193 g/mol. The van der Waals surface area contributed by atoms with E-state index < -0.39 is 0 Å². The van der Waals surface area contributed by atoms with E-state index in [1.54, 1.807) is 12.1 Å². The van der Waals surface area contributed by atoms with Gasteiger partial charge in [0.1, 0.15) is 5.82 Å². The number of allylic oxidation sites excluding steroid dienone is 1. The van der Waals surface area contributed by atoms with Gasteiger partial charge in [-0.3, -0.25) is 0 Å². The first kappa shape index (κ1) is 8.82. The molecule has 1 aliphatic heterocycles. The van der Waals surface area contributed by atoms with E-state index in [1.807, 2.05) is 11.8 Å². The largest absolute Gasteiger partial charge is 0.206 e. The van der Waals surface area contributed by atoms with Crippen LogP contribution in [0.4, 0.5) is 4.39 Å². The van der Waals surface area contributed by atoms with Crippen LogP contribution in [0.3, 0.4) is 0 Å². The molecule has 0 atom stereocenters. The third kappa shape index (κ3) is 1.94. The predicted molar refractivity (Wildman–Crippen MR) is 55.2 cm³/mol. The molecular weight excluding hydrogens is 183 g/mol. The van der Waals surface area contributed by atoms with E-state index in [4.69, 9.17) is 0 Å². The van der Waals surface area contributed by atoms with Crippen LogP contribution in [0.2, 0.25) is 0 Å². The van der Waals surface area contributed by atoms with Crippen molar-refractivity contribution in [1.29, 1.82) is 0 Å². The highest BCUT2D eigenvalue weighted by Gasteiger charge is 2.09. The summed E-state index contributed by atoms with van der Waals surface area (Å²) in [6.07, 6.45) is 3.10. The Balaban J connectivity index is 2.34. The molecule has 0 nitrogen and oxygen atoms in total. The molecule has 1 aromatic carbocycles. The zero-order valence-electron chi connectivity index (χ0n) is 7.22. The van der Waals surface area contributed by atoms with Crippen LogP contribution < -0.4 is 0 Å². The summed E-state index contributed by atoms with van der Waals surface area (Å²) in [7, 11) is 0. The second kappa shape index (κ2) is 3.97. The number of rotatable bonds is 1. The molecule has 1 aliphatic rings. The Morgan fingerprint density at radius 3 is 3.08 bits per heavy atom. The zero-order chi connectivity index (χ0) is 9.10. The van der Waals surface area contributed by atoms with Crippen LogP contribution in [0.5, 0.6) is 0 Å². The van der Waals surface area contributed by atoms with Crippen molar-refractivity contribution in [2.24, 2.45) is 0 Å². The van der Waals surface area contributed by atoms with Gasteiger partial charge in [0.25, 0.3) is 0 Å². The molecule has 13 heavy (non-hydrogen) atoms. The molecular formula is C11H10FS. The van der Waals surface area contributed by atoms with Gasteiger partial charge in [0.2, 0.25) is 0 Å². The lowest BCUT2D eigenvalue weighted by Crippen LogP contribution is -1.97. The van der Waals surface area contributed by atoms with E-state index in [9.17, 15) is 4.39 Å². The minimum Gasteiger partial charge on any atom is -0.206 e. The Morgan fingerprint density at radius 2 is 2.38 bits per heavy atom. The normalized spacial score (nSPS) is 16.8. The van der Waals surface area contributed by atoms with Gasteiger partial charge in [-0.25, -0.2) is 4.39 Å². The smallest absolute Gasteiger partial charge is 0.131 e. The van der Waals surface area contributed by atoms with Gasteiger partial charge in [-0.15, -0.1) is 0 Å². The quantitative estimate of drug-likeness (QED) is 0.660. The molecule has 0 N–H and O–H groups in total. The van der Waals surface area contributed by atoms with Gasteiger partial charge in [0, 0.05) is 11.3 Å². The van der Waals surface area contributed by atoms with Crippen molar-refractivity contribution in [2.75, 3.05) is 11.5 Å². The van der Waals surface area contributed by atoms with Crippen LogP contribution in [-0.4, -0.2) is 11.5 Å². The molecule has 0 bridgehead atoms. The molecule has 1 aromatic rings. The van der Waals surface area contributed by atoms with Crippen LogP contribution >= 0.6 is 11.8 Å². The fourth-order valence-electron chi connectivity index (χ4n) is 1.44. The Hall–Kier alpha value is -0.760. The van der Waals surface area contributed by atoms with Crippen molar-refractivity contribution in [3.05, 3.63) is 41.7 Å². The van der Waals surface area contributed by atoms with Gasteiger partial charge in [0.15, 0.2) is 0 Å². The first-order valence-corrected chi connectivity index (χ1v) is 5.46. The molecule has 0 saturated carbocycles. The maximum atomic E-state index is 13.3. The van der Waals surface area contributed by atoms with Gasteiger partial charge in [-0.05, 0) is 29.9 Å². The van der Waals surface area contributed by atoms with Crippen molar-refractivity contribution in [3.8, 4) is 0 Å². The van der Waals surface area contributed by atoms with Crippen LogP contribution in [0.1, 0.15) is 12.0 Å². The molecule has 0 saturated heterocycles. The molecule has 0 aliphatic carbocycles. The van der Waals surface area contributed by atoms with Crippen molar-refractivity contribution in [1.82, 2.24) is 0 Å². The summed E-state index contributed by atoms with van der Waals surface area (Å²) in [4.78, 5) is 0. The summed E-state index contributed by atoms with van der Waals surface area (Å²) in [5.74, 6) is 1.96. The molecule has 2 rings (SSSR count). The highest BCUT2D eigenvalue weighted by atomic mass is 32.2. The predicted octanol–water partition coefficient (Wildman–Crippen LogP) is 3.15. The Morgan fingerprint density at radius 1 is 1.46 bits per heavy atom. The molecule has 2 heteroatoms. The second-order valence-electron chi connectivity index (χ2n) is 2.96. The average Bonchev–Trinajstić information content (AvgIpc) is 2.20. The summed E-state index contributed by atoms with van der Waals surface area (Å²) in [5.41, 5.74) is 1.89. The van der Waals surface area contributed by atoms with E-state index in [-0.39, 0.29) is 5.82 Å². The van der Waals surface area contributed by atoms with Gasteiger partial charge in [-0.2, -0.15) is 11.8 Å². The Kier molecular flexibility index (Phi) is 2.69. The topological polar surface area (TPSA) is 0 Å². The highest BCUT2D eigenvalue weighted by molar-refractivity contribution is 7.99. The van der Waals surface area contributed by atoms with Crippen molar-refractivity contribution in [2.45, 2.75) is 6.42 Å². The molecule has 0 spiro atoms. The van der Waals surface area contributed by atoms with Crippen molar-refractivity contribution in [3.63, 3.8) is 0 Å². The molecule has 1 heterocycles. The SMILES string of the molecule is Fc1c[c]ccc1C1=CCSCC1. The number of benzene rings is 1. The van der Waals surface area contributed by atoms with E-state index in [0.29, 0.717) is 0 Å². The third-order valence-corrected chi connectivity index (χ3v) is 3.02. The summed E-state index contributed by atoms with van der Waals surface area (Å²) < 4.78 is 13.3. The van der Waals surface area contributed by atoms with Gasteiger partial charge < -0.3 is 0 Å². The van der Waals surface area contributed by atoms with Crippen LogP contribution in [0.15, 0.2) is 24.3 Å². The molecule has 0 amide bonds. The van der Waals surface area contributed by atoms with E-state index in [2.05, 4.69) is 12.1 Å². The highest BCUT2D eigenvalue weighted by Crippen LogP contribution is 2.27. The fourth-order valence-corrected chi connectivity index (χ4v) is 2.29. The molecule has 1 radical (unpaired) electrons. The fraction of sp³-hybridized carbons (Fsp3) is 0.273. The van der Waals surface area contributed by atoms with Crippen LogP contribution in [0, 0.1) is 11.9 Å². The van der Waals surface area contributed by atoms with Gasteiger partial charge >= 0.3 is 0 Å². The van der Waals surface area contributed by atoms with Crippen molar-refractivity contribution < 1.29 is 4.39 Å². The molecule has 0 aromatic heterocycles. The van der Waals surface area contributed by atoms with Crippen LogP contribution in [0.25, 0.3) is 5.57 Å². The minimum atomic E-state index is -0.152. The van der Waals surface area contributed by atoms with Crippen LogP contribution in [-0.2, 0) is 0 Å². The lowest BCUT2D eigenvalue weighted by Gasteiger charge is -2.12. The number of hydrogen-bond acceptors (Lipinski definition) is 1. The maximum absolute atomic E-state index is 13.3. The first-order valence-electron chi connectivity index (χ1n) is 4.30. The minimum absolute atomic E-state index is 0.152. The van der Waals surface area contributed by atoms with Gasteiger partial charge in [-0.1, -0.05) is 18.2 Å². The Labute approximate surface area is 81.8 Å². The summed E-state index contributed by atoms with van der Waals surface area (Å²) >= 11 is 1.89. The zero-order valence-corrected chi connectivity index (χ0v) is 8.03. The van der Waals surface area contributed by atoms with Crippen molar-refractivity contribution >= 4 is 17.3 Å². The summed E-state index contributed by atoms with van der Waals surface area (Å²) in [6, 6.07) is 7.70. The second-order valence-corrected chi connectivity index (χ2v) is 4.11. The average molecular weight is 193 g/mol. The lowest BCUT2D eigenvalue weighted by molar-refractivity contribution is 0.623. The maximum Gasteiger partial charge on any atom is 0.131 e. The first-order chi connectivity index (χ1) is 6.38. The number of thioether (sulfide) groups is 1. The summed E-state index contributed by atoms with van der Waals surface area (Å²) in [6.45, 7) is 0. The lowest BCUT2D eigenvalue weighted by atomic mass is 10.0. The molecule has 0 unspecified atom stereocenters. The molecule has 0 fully saturated rings. The third-order valence-electron chi connectivity index (χ3n) is 2.12.